The molecule has 4 heteroatoms. The Balaban J connectivity index is 1.93. The van der Waals surface area contributed by atoms with Crippen molar-refractivity contribution in [2.45, 2.75) is 38.6 Å². The molecule has 0 spiro atoms. The van der Waals surface area contributed by atoms with Crippen LogP contribution in [0.4, 0.5) is 10.1 Å². The molecule has 0 heterocycles. The molecule has 0 unspecified atom stereocenters. The topological polar surface area (TPSA) is 24.1 Å². The molecular weight excluding hydrogens is 307 g/mol. The number of thiocarbonyl (C=S) groups is 1. The lowest BCUT2D eigenvalue weighted by Crippen LogP contribution is -2.39. The van der Waals surface area contributed by atoms with Crippen LogP contribution < -0.4 is 10.6 Å². The Labute approximate surface area is 143 Å². The molecular formula is C19H23FN2S. The Kier molecular flexibility index (Phi) is 5.72. The Morgan fingerprint density at radius 3 is 2.35 bits per heavy atom. The maximum Gasteiger partial charge on any atom is 0.171 e. The van der Waals surface area contributed by atoms with Gasteiger partial charge in [-0.25, -0.2) is 4.39 Å². The summed E-state index contributed by atoms with van der Waals surface area (Å²) in [7, 11) is 0. The van der Waals surface area contributed by atoms with E-state index in [-0.39, 0.29) is 17.3 Å². The number of benzene rings is 2. The molecule has 0 aliphatic heterocycles. The third-order valence-electron chi connectivity index (χ3n) is 3.87. The SMILES string of the molecule is C[C@H](CC(C)(C)c1ccccc1)NC(=S)Nc1ccccc1F. The van der Waals surface area contributed by atoms with Crippen molar-refractivity contribution in [2.24, 2.45) is 0 Å². The van der Waals surface area contributed by atoms with Crippen LogP contribution in [-0.4, -0.2) is 11.2 Å². The highest BCUT2D eigenvalue weighted by Gasteiger charge is 2.23. The Bertz CT molecular complexity index is 655. The molecule has 2 aromatic rings. The fraction of sp³-hybridized carbons (Fsp3) is 0.316. The van der Waals surface area contributed by atoms with Crippen LogP contribution in [0.3, 0.4) is 0 Å². The van der Waals surface area contributed by atoms with Gasteiger partial charge in [0.05, 0.1) is 5.69 Å². The summed E-state index contributed by atoms with van der Waals surface area (Å²) >= 11 is 5.29. The summed E-state index contributed by atoms with van der Waals surface area (Å²) in [5, 5.41) is 6.58. The highest BCUT2D eigenvalue weighted by Crippen LogP contribution is 2.28. The van der Waals surface area contributed by atoms with Crippen LogP contribution in [0.5, 0.6) is 0 Å². The number of halogens is 1. The Morgan fingerprint density at radius 2 is 1.70 bits per heavy atom. The highest BCUT2D eigenvalue weighted by atomic mass is 32.1. The molecule has 23 heavy (non-hydrogen) atoms. The van der Waals surface area contributed by atoms with E-state index in [9.17, 15) is 4.39 Å². The van der Waals surface area contributed by atoms with Gasteiger partial charge in [0.2, 0.25) is 0 Å². The van der Waals surface area contributed by atoms with Crippen LogP contribution in [0.2, 0.25) is 0 Å². The van der Waals surface area contributed by atoms with Crippen molar-refractivity contribution < 1.29 is 4.39 Å². The van der Waals surface area contributed by atoms with Gasteiger partial charge in [-0.15, -0.1) is 0 Å². The average Bonchev–Trinajstić information content (AvgIpc) is 2.50. The summed E-state index contributed by atoms with van der Waals surface area (Å²) in [6.45, 7) is 6.52. The van der Waals surface area contributed by atoms with Gasteiger partial charge >= 0.3 is 0 Å². The van der Waals surface area contributed by atoms with Gasteiger partial charge in [0.25, 0.3) is 0 Å². The van der Waals surface area contributed by atoms with E-state index in [0.29, 0.717) is 10.8 Å². The minimum absolute atomic E-state index is 0.0291. The lowest BCUT2D eigenvalue weighted by Gasteiger charge is -2.29. The molecule has 1 atom stereocenters. The molecule has 0 bridgehead atoms. The Hall–Kier alpha value is -1.94. The van der Waals surface area contributed by atoms with Gasteiger partial charge in [-0.2, -0.15) is 0 Å². The second-order valence-electron chi connectivity index (χ2n) is 6.43. The summed E-state index contributed by atoms with van der Waals surface area (Å²) in [5.74, 6) is -0.311. The average molecular weight is 330 g/mol. The second kappa shape index (κ2) is 7.55. The molecule has 0 fully saturated rings. The van der Waals surface area contributed by atoms with Gasteiger partial charge < -0.3 is 10.6 Å². The van der Waals surface area contributed by atoms with E-state index in [1.807, 2.05) is 6.07 Å². The molecule has 0 radical (unpaired) electrons. The van der Waals surface area contributed by atoms with Crippen LogP contribution in [-0.2, 0) is 5.41 Å². The second-order valence-corrected chi connectivity index (χ2v) is 6.84. The van der Waals surface area contributed by atoms with Gasteiger partial charge in [-0.05, 0) is 48.7 Å². The van der Waals surface area contributed by atoms with E-state index in [0.717, 1.165) is 6.42 Å². The highest BCUT2D eigenvalue weighted by molar-refractivity contribution is 7.80. The molecule has 2 rings (SSSR count). The molecule has 0 saturated heterocycles. The van der Waals surface area contributed by atoms with E-state index in [2.05, 4.69) is 55.7 Å². The first kappa shape index (κ1) is 17.4. The van der Waals surface area contributed by atoms with Crippen LogP contribution in [0.15, 0.2) is 54.6 Å². The van der Waals surface area contributed by atoms with Crippen LogP contribution in [0.1, 0.15) is 32.8 Å². The van der Waals surface area contributed by atoms with E-state index >= 15 is 0 Å². The normalized spacial score (nSPS) is 12.5. The third kappa shape index (κ3) is 5.03. The van der Waals surface area contributed by atoms with Crippen molar-refractivity contribution in [1.29, 1.82) is 0 Å². The number of rotatable bonds is 5. The number of anilines is 1. The molecule has 2 aromatic carbocycles. The van der Waals surface area contributed by atoms with Gasteiger partial charge in [0, 0.05) is 6.04 Å². The van der Waals surface area contributed by atoms with Crippen molar-refractivity contribution in [3.63, 3.8) is 0 Å². The van der Waals surface area contributed by atoms with Gasteiger partial charge in [0.15, 0.2) is 5.11 Å². The molecule has 122 valence electrons. The molecule has 2 nitrogen and oxygen atoms in total. The quantitative estimate of drug-likeness (QED) is 0.765. The number of hydrogen-bond donors (Lipinski definition) is 2. The molecule has 0 aliphatic carbocycles. The summed E-state index contributed by atoms with van der Waals surface area (Å²) < 4.78 is 13.6. The van der Waals surface area contributed by atoms with E-state index in [1.54, 1.807) is 18.2 Å². The van der Waals surface area contributed by atoms with E-state index < -0.39 is 0 Å². The molecule has 0 amide bonds. The summed E-state index contributed by atoms with van der Waals surface area (Å²) in [4.78, 5) is 0. The minimum Gasteiger partial charge on any atom is -0.360 e. The lowest BCUT2D eigenvalue weighted by atomic mass is 9.79. The number of para-hydroxylation sites is 1. The number of hydrogen-bond acceptors (Lipinski definition) is 1. The summed E-state index contributed by atoms with van der Waals surface area (Å²) in [6, 6.07) is 17.1. The molecule has 0 aromatic heterocycles. The predicted octanol–water partition coefficient (Wildman–Crippen LogP) is 4.87. The first-order chi connectivity index (χ1) is 10.9. The Morgan fingerprint density at radius 1 is 1.09 bits per heavy atom. The largest absolute Gasteiger partial charge is 0.360 e. The first-order valence-corrected chi connectivity index (χ1v) is 8.17. The van der Waals surface area contributed by atoms with Crippen molar-refractivity contribution >= 4 is 23.0 Å². The van der Waals surface area contributed by atoms with Gasteiger partial charge in [-0.3, -0.25) is 0 Å². The fourth-order valence-electron chi connectivity index (χ4n) is 2.77. The summed E-state index contributed by atoms with van der Waals surface area (Å²) in [6.07, 6.45) is 0.913. The zero-order valence-electron chi connectivity index (χ0n) is 13.8. The molecule has 0 aliphatic rings. The van der Waals surface area contributed by atoms with Crippen LogP contribution in [0, 0.1) is 5.82 Å². The number of nitrogens with one attached hydrogen (secondary N) is 2. The van der Waals surface area contributed by atoms with Crippen molar-refractivity contribution in [1.82, 2.24) is 5.32 Å². The first-order valence-electron chi connectivity index (χ1n) is 7.76. The zero-order valence-corrected chi connectivity index (χ0v) is 14.6. The molecule has 2 N–H and O–H groups in total. The van der Waals surface area contributed by atoms with Crippen LogP contribution >= 0.6 is 12.2 Å². The monoisotopic (exact) mass is 330 g/mol. The lowest BCUT2D eigenvalue weighted by molar-refractivity contribution is 0.420. The van der Waals surface area contributed by atoms with Crippen LogP contribution in [0.25, 0.3) is 0 Å². The smallest absolute Gasteiger partial charge is 0.171 e. The maximum absolute atomic E-state index is 13.6. The van der Waals surface area contributed by atoms with Gasteiger partial charge in [-0.1, -0.05) is 56.3 Å². The summed E-state index contributed by atoms with van der Waals surface area (Å²) in [5.41, 5.74) is 1.71. The van der Waals surface area contributed by atoms with E-state index in [1.165, 1.54) is 11.6 Å². The fourth-order valence-corrected chi connectivity index (χ4v) is 3.08. The third-order valence-corrected chi connectivity index (χ3v) is 4.09. The zero-order chi connectivity index (χ0) is 16.9. The minimum atomic E-state index is -0.311. The predicted molar refractivity (Wildman–Crippen MR) is 99.3 cm³/mol. The van der Waals surface area contributed by atoms with Crippen molar-refractivity contribution in [2.75, 3.05) is 5.32 Å². The van der Waals surface area contributed by atoms with Gasteiger partial charge in [0.1, 0.15) is 5.82 Å². The maximum atomic E-state index is 13.6. The van der Waals surface area contributed by atoms with Crippen molar-refractivity contribution in [3.8, 4) is 0 Å². The standard InChI is InChI=1S/C19H23FN2S/c1-14(13-19(2,3)15-9-5-4-6-10-15)21-18(23)22-17-12-8-7-11-16(17)20/h4-12,14H,13H2,1-3H3,(H2,21,22,23)/t14-/m1/s1. The molecule has 0 saturated carbocycles. The van der Waals surface area contributed by atoms with Crippen molar-refractivity contribution in [3.05, 3.63) is 66.0 Å². The van der Waals surface area contributed by atoms with E-state index in [4.69, 9.17) is 12.2 Å².